The van der Waals surface area contributed by atoms with E-state index in [4.69, 9.17) is 40.6 Å². The highest BCUT2D eigenvalue weighted by Gasteiger charge is 2.20. The highest BCUT2D eigenvalue weighted by Crippen LogP contribution is 2.32. The zero-order valence-electron chi connectivity index (χ0n) is 34.4. The Labute approximate surface area is 360 Å². The molecule has 20 heteroatoms. The topological polar surface area (TPSA) is 215 Å². The SMILES string of the molecule is CC(C)Oc1cc(F)ccc1B(O)O.COc1ccc(Cc2cc(-c3ccc(F)cc3OC(C)C)ncn2)cc1[N+](=O)[O-].COc1ccc(Cc2cc(Cl)ncn2)cc1[N+](=O)[O-]. The fourth-order valence-corrected chi connectivity index (χ4v) is 5.81. The van der Waals surface area contributed by atoms with E-state index >= 15 is 0 Å². The highest BCUT2D eigenvalue weighted by atomic mass is 35.5. The van der Waals surface area contributed by atoms with Gasteiger partial charge in [0.05, 0.1) is 42.0 Å². The van der Waals surface area contributed by atoms with E-state index in [9.17, 15) is 29.0 Å². The Morgan fingerprint density at radius 1 is 0.645 bits per heavy atom. The Bertz CT molecular complexity index is 2480. The Hall–Kier alpha value is -6.83. The molecule has 2 heterocycles. The Morgan fingerprint density at radius 3 is 1.61 bits per heavy atom. The van der Waals surface area contributed by atoms with Gasteiger partial charge in [-0.05, 0) is 81.3 Å². The van der Waals surface area contributed by atoms with Gasteiger partial charge in [-0.2, -0.15) is 0 Å². The van der Waals surface area contributed by atoms with Crippen LogP contribution >= 0.6 is 11.6 Å². The quantitative estimate of drug-likeness (QED) is 0.0469. The number of hydrogen-bond acceptors (Lipinski definition) is 14. The Kier molecular flexibility index (Phi) is 17.5. The zero-order chi connectivity index (χ0) is 45.5. The van der Waals surface area contributed by atoms with Gasteiger partial charge in [0.25, 0.3) is 0 Å². The fourth-order valence-electron chi connectivity index (χ4n) is 5.64. The molecule has 16 nitrogen and oxygen atoms in total. The number of nitro groups is 2. The average molecular weight is 875 g/mol. The molecule has 6 aromatic rings. The summed E-state index contributed by atoms with van der Waals surface area (Å²) in [5.41, 5.74) is 4.03. The van der Waals surface area contributed by atoms with Crippen molar-refractivity contribution in [1.29, 1.82) is 0 Å². The fraction of sp³-hybridized carbons (Fsp3) is 0.238. The number of aromatic nitrogens is 4. The minimum Gasteiger partial charge on any atom is -0.491 e. The van der Waals surface area contributed by atoms with Gasteiger partial charge in [-0.3, -0.25) is 20.2 Å². The maximum Gasteiger partial charge on any atom is 0.492 e. The molecule has 0 atom stereocenters. The van der Waals surface area contributed by atoms with Gasteiger partial charge in [-0.15, -0.1) is 0 Å². The number of hydrogen-bond donors (Lipinski definition) is 2. The summed E-state index contributed by atoms with van der Waals surface area (Å²) in [7, 11) is 1.13. The van der Waals surface area contributed by atoms with Crippen molar-refractivity contribution in [3.05, 3.63) is 157 Å². The summed E-state index contributed by atoms with van der Waals surface area (Å²) in [4.78, 5) is 37.6. The first-order valence-electron chi connectivity index (χ1n) is 18.7. The van der Waals surface area contributed by atoms with Gasteiger partial charge in [0, 0.05) is 59.5 Å². The summed E-state index contributed by atoms with van der Waals surface area (Å²) in [6.07, 6.45) is 3.29. The number of methoxy groups -OCH3 is 2. The van der Waals surface area contributed by atoms with Crippen molar-refractivity contribution in [2.45, 2.75) is 52.7 Å². The number of ether oxygens (including phenoxy) is 4. The van der Waals surface area contributed by atoms with E-state index in [1.54, 1.807) is 56.3 Å². The normalized spacial score (nSPS) is 10.5. The lowest BCUT2D eigenvalue weighted by Crippen LogP contribution is -2.32. The van der Waals surface area contributed by atoms with Gasteiger partial charge in [-0.25, -0.2) is 28.7 Å². The molecule has 2 N–H and O–H groups in total. The van der Waals surface area contributed by atoms with Crippen molar-refractivity contribution in [2.75, 3.05) is 14.2 Å². The standard InChI is InChI=1S/C21H20FN3O4.C12H10ClN3O3.C9H12BFO3/c1-13(2)29-21-10-15(22)5-6-17(21)18-11-16(23-12-24-18)8-14-4-7-20(28-3)19(9-14)25(26)27;1-19-11-3-2-8(5-10(11)16(17)18)4-9-6-12(13)15-7-14-9;1-6(2)14-9-5-7(11)3-4-8(9)10(12)13/h4-7,9-13H,8H2,1-3H3;2-3,5-7H,4H2,1H3;3-6,12-13H,1-2H3. The maximum absolute atomic E-state index is 13.7. The van der Waals surface area contributed by atoms with Crippen LogP contribution in [0.5, 0.6) is 23.0 Å². The van der Waals surface area contributed by atoms with Crippen LogP contribution in [-0.4, -0.2) is 73.4 Å². The van der Waals surface area contributed by atoms with Crippen molar-refractivity contribution < 1.29 is 47.6 Å². The first kappa shape index (κ1) is 47.8. The van der Waals surface area contributed by atoms with Crippen LogP contribution in [-0.2, 0) is 12.8 Å². The lowest BCUT2D eigenvalue weighted by atomic mass is 9.79. The van der Waals surface area contributed by atoms with Crippen LogP contribution in [0.3, 0.4) is 0 Å². The van der Waals surface area contributed by atoms with Crippen LogP contribution in [0, 0.1) is 31.9 Å². The molecule has 6 rings (SSSR count). The summed E-state index contributed by atoms with van der Waals surface area (Å²) >= 11 is 5.76. The molecule has 0 aliphatic heterocycles. The minimum atomic E-state index is -1.65. The van der Waals surface area contributed by atoms with Gasteiger partial charge >= 0.3 is 18.5 Å². The van der Waals surface area contributed by atoms with E-state index in [-0.39, 0.29) is 46.3 Å². The van der Waals surface area contributed by atoms with Crippen molar-refractivity contribution in [2.24, 2.45) is 0 Å². The van der Waals surface area contributed by atoms with E-state index in [1.165, 1.54) is 57.2 Å². The first-order chi connectivity index (χ1) is 29.5. The number of halogens is 3. The average Bonchev–Trinajstić information content (AvgIpc) is 3.21. The van der Waals surface area contributed by atoms with Gasteiger partial charge in [0.1, 0.15) is 40.9 Å². The molecule has 62 heavy (non-hydrogen) atoms. The van der Waals surface area contributed by atoms with Crippen molar-refractivity contribution in [3.63, 3.8) is 0 Å². The second-order valence-electron chi connectivity index (χ2n) is 13.6. The van der Waals surface area contributed by atoms with Crippen LogP contribution in [0.1, 0.15) is 50.2 Å². The zero-order valence-corrected chi connectivity index (χ0v) is 35.1. The minimum absolute atomic E-state index is 0.0693. The van der Waals surface area contributed by atoms with Crippen molar-refractivity contribution >= 4 is 35.6 Å². The monoisotopic (exact) mass is 874 g/mol. The largest absolute Gasteiger partial charge is 0.492 e. The maximum atomic E-state index is 13.7. The molecule has 2 aromatic heterocycles. The number of nitrogens with zero attached hydrogens (tertiary/aromatic N) is 6. The van der Waals surface area contributed by atoms with Gasteiger partial charge in [0.15, 0.2) is 11.5 Å². The predicted octanol–water partition coefficient (Wildman–Crippen LogP) is 7.51. The van der Waals surface area contributed by atoms with Gasteiger partial charge < -0.3 is 29.0 Å². The Balaban J connectivity index is 0.000000221. The molecule has 0 unspecified atom stereocenters. The second-order valence-corrected chi connectivity index (χ2v) is 14.0. The molecule has 0 radical (unpaired) electrons. The summed E-state index contributed by atoms with van der Waals surface area (Å²) in [6.45, 7) is 7.27. The molecule has 0 fully saturated rings. The van der Waals surface area contributed by atoms with Crippen LogP contribution in [0.25, 0.3) is 11.3 Å². The summed E-state index contributed by atoms with van der Waals surface area (Å²) in [5, 5.41) is 40.4. The van der Waals surface area contributed by atoms with Crippen LogP contribution in [0.15, 0.2) is 97.6 Å². The van der Waals surface area contributed by atoms with Crippen LogP contribution < -0.4 is 24.4 Å². The summed E-state index contributed by atoms with van der Waals surface area (Å²) in [5.74, 6) is 0.118. The molecule has 0 bridgehead atoms. The highest BCUT2D eigenvalue weighted by molar-refractivity contribution is 6.59. The molecule has 4 aromatic carbocycles. The molecule has 324 valence electrons. The third kappa shape index (κ3) is 14.1. The molecular formula is C42H42BClF2N6O10. The molecule has 0 aliphatic carbocycles. The van der Waals surface area contributed by atoms with E-state index in [0.29, 0.717) is 52.0 Å². The van der Waals surface area contributed by atoms with E-state index < -0.39 is 28.6 Å². The lowest BCUT2D eigenvalue weighted by molar-refractivity contribution is -0.385. The number of rotatable bonds is 14. The molecule has 0 spiro atoms. The molecule has 0 amide bonds. The lowest BCUT2D eigenvalue weighted by Gasteiger charge is -2.14. The van der Waals surface area contributed by atoms with Gasteiger partial charge in [0.2, 0.25) is 0 Å². The van der Waals surface area contributed by atoms with E-state index in [1.807, 2.05) is 13.8 Å². The van der Waals surface area contributed by atoms with Crippen LogP contribution in [0.4, 0.5) is 20.2 Å². The number of nitro benzene ring substituents is 2. The van der Waals surface area contributed by atoms with Crippen molar-refractivity contribution in [3.8, 4) is 34.3 Å². The Morgan fingerprint density at radius 2 is 1.13 bits per heavy atom. The molecule has 0 aliphatic rings. The third-order valence-corrected chi connectivity index (χ3v) is 8.47. The molecule has 0 saturated heterocycles. The number of benzene rings is 4. The summed E-state index contributed by atoms with van der Waals surface area (Å²) < 4.78 is 47.4. The van der Waals surface area contributed by atoms with Crippen LogP contribution in [0.2, 0.25) is 5.15 Å². The first-order valence-corrected chi connectivity index (χ1v) is 19.0. The third-order valence-electron chi connectivity index (χ3n) is 8.26. The molecular weight excluding hydrogens is 833 g/mol. The summed E-state index contributed by atoms with van der Waals surface area (Å²) in [6, 6.07) is 20.8. The molecule has 0 saturated carbocycles. The van der Waals surface area contributed by atoms with Crippen molar-refractivity contribution in [1.82, 2.24) is 19.9 Å². The van der Waals surface area contributed by atoms with E-state index in [0.717, 1.165) is 17.7 Å². The smallest absolute Gasteiger partial charge is 0.491 e. The van der Waals surface area contributed by atoms with Gasteiger partial charge in [-0.1, -0.05) is 29.8 Å². The van der Waals surface area contributed by atoms with E-state index in [2.05, 4.69) is 19.9 Å². The predicted molar refractivity (Wildman–Crippen MR) is 227 cm³/mol. The second kappa shape index (κ2) is 22.7.